The first kappa shape index (κ1) is 15.1. The number of aryl methyl sites for hydroxylation is 2. The summed E-state index contributed by atoms with van der Waals surface area (Å²) in [6, 6.07) is 6.51. The van der Waals surface area contributed by atoms with Crippen molar-refractivity contribution in [3.63, 3.8) is 0 Å². The van der Waals surface area contributed by atoms with Crippen LogP contribution in [0.5, 0.6) is 5.75 Å². The summed E-state index contributed by atoms with van der Waals surface area (Å²) in [5.74, 6) is 1.09. The standard InChI is InChI=1S/C17H28O/c1-4-6-7-8-9-10-13-18-17-14-15(3)11-12-16(17)5-2/h11-12,14H,4-10,13H2,1-3H3. The van der Waals surface area contributed by atoms with Crippen LogP contribution >= 0.6 is 0 Å². The molecule has 1 nitrogen and oxygen atoms in total. The van der Waals surface area contributed by atoms with Crippen molar-refractivity contribution in [2.24, 2.45) is 0 Å². The molecule has 0 saturated heterocycles. The highest BCUT2D eigenvalue weighted by molar-refractivity contribution is 5.37. The second kappa shape index (κ2) is 9.02. The Morgan fingerprint density at radius 1 is 0.944 bits per heavy atom. The minimum atomic E-state index is 0.864. The molecule has 0 radical (unpaired) electrons. The van der Waals surface area contributed by atoms with E-state index in [1.165, 1.54) is 49.7 Å². The summed E-state index contributed by atoms with van der Waals surface area (Å²) in [5.41, 5.74) is 2.61. The van der Waals surface area contributed by atoms with Gasteiger partial charge in [0.15, 0.2) is 0 Å². The lowest BCUT2D eigenvalue weighted by molar-refractivity contribution is 0.301. The summed E-state index contributed by atoms with van der Waals surface area (Å²) < 4.78 is 5.92. The Morgan fingerprint density at radius 3 is 2.39 bits per heavy atom. The summed E-state index contributed by atoms with van der Waals surface area (Å²) in [6.45, 7) is 7.43. The van der Waals surface area contributed by atoms with E-state index in [1.807, 2.05) is 0 Å². The lowest BCUT2D eigenvalue weighted by atomic mass is 10.1. The van der Waals surface area contributed by atoms with Gasteiger partial charge in [-0.1, -0.05) is 58.1 Å². The Bertz CT molecular complexity index is 330. The largest absolute Gasteiger partial charge is 0.493 e. The van der Waals surface area contributed by atoms with Gasteiger partial charge >= 0.3 is 0 Å². The highest BCUT2D eigenvalue weighted by Crippen LogP contribution is 2.21. The molecule has 0 aliphatic carbocycles. The Kier molecular flexibility index (Phi) is 7.55. The van der Waals surface area contributed by atoms with Crippen LogP contribution in [0.4, 0.5) is 0 Å². The van der Waals surface area contributed by atoms with Crippen molar-refractivity contribution < 1.29 is 4.74 Å². The second-order valence-corrected chi connectivity index (χ2v) is 5.08. The van der Waals surface area contributed by atoms with Gasteiger partial charge in [-0.25, -0.2) is 0 Å². The molecule has 0 aliphatic rings. The van der Waals surface area contributed by atoms with Crippen molar-refractivity contribution in [3.05, 3.63) is 29.3 Å². The Labute approximate surface area is 113 Å². The van der Waals surface area contributed by atoms with Crippen LogP contribution in [0.1, 0.15) is 63.5 Å². The van der Waals surface area contributed by atoms with Gasteiger partial charge in [-0.3, -0.25) is 0 Å². The maximum absolute atomic E-state index is 5.92. The number of hydrogen-bond acceptors (Lipinski definition) is 1. The topological polar surface area (TPSA) is 9.23 Å². The van der Waals surface area contributed by atoms with E-state index < -0.39 is 0 Å². The van der Waals surface area contributed by atoms with E-state index in [-0.39, 0.29) is 0 Å². The molecule has 0 unspecified atom stereocenters. The van der Waals surface area contributed by atoms with Crippen molar-refractivity contribution in [1.29, 1.82) is 0 Å². The molecule has 0 N–H and O–H groups in total. The average Bonchev–Trinajstić information content (AvgIpc) is 2.38. The van der Waals surface area contributed by atoms with Crippen molar-refractivity contribution in [3.8, 4) is 5.75 Å². The zero-order valence-electron chi connectivity index (χ0n) is 12.3. The fraction of sp³-hybridized carbons (Fsp3) is 0.647. The van der Waals surface area contributed by atoms with Crippen LogP contribution in [-0.2, 0) is 6.42 Å². The fourth-order valence-corrected chi connectivity index (χ4v) is 2.15. The molecule has 0 fully saturated rings. The van der Waals surface area contributed by atoms with Crippen LogP contribution < -0.4 is 4.74 Å². The number of unbranched alkanes of at least 4 members (excludes halogenated alkanes) is 5. The molecule has 0 heterocycles. The molecule has 0 aromatic heterocycles. The summed E-state index contributed by atoms with van der Waals surface area (Å²) in [5, 5.41) is 0. The molecule has 1 rings (SSSR count). The quantitative estimate of drug-likeness (QED) is 0.539. The van der Waals surface area contributed by atoms with Crippen LogP contribution in [0.2, 0.25) is 0 Å². The van der Waals surface area contributed by atoms with Crippen LogP contribution in [0.25, 0.3) is 0 Å². The van der Waals surface area contributed by atoms with Gasteiger partial charge in [0, 0.05) is 0 Å². The predicted molar refractivity (Wildman–Crippen MR) is 79.4 cm³/mol. The average molecular weight is 248 g/mol. The van der Waals surface area contributed by atoms with Gasteiger partial charge in [0.25, 0.3) is 0 Å². The molecular weight excluding hydrogens is 220 g/mol. The van der Waals surface area contributed by atoms with E-state index in [9.17, 15) is 0 Å². The van der Waals surface area contributed by atoms with Crippen molar-refractivity contribution >= 4 is 0 Å². The predicted octanol–water partition coefficient (Wildman–Crippen LogP) is 5.30. The molecule has 1 aromatic carbocycles. The van der Waals surface area contributed by atoms with Gasteiger partial charge in [0.05, 0.1) is 6.61 Å². The first-order valence-electron chi connectivity index (χ1n) is 7.50. The lowest BCUT2D eigenvalue weighted by Crippen LogP contribution is -2.00. The maximum Gasteiger partial charge on any atom is 0.122 e. The molecule has 18 heavy (non-hydrogen) atoms. The summed E-state index contributed by atoms with van der Waals surface area (Å²) in [6.07, 6.45) is 8.95. The maximum atomic E-state index is 5.92. The first-order chi connectivity index (χ1) is 8.77. The van der Waals surface area contributed by atoms with Crippen molar-refractivity contribution in [2.75, 3.05) is 6.61 Å². The SMILES string of the molecule is CCCCCCCCOc1cc(C)ccc1CC. The lowest BCUT2D eigenvalue weighted by Gasteiger charge is -2.11. The number of benzene rings is 1. The highest BCUT2D eigenvalue weighted by atomic mass is 16.5. The molecule has 1 heteroatoms. The molecule has 0 aliphatic heterocycles. The molecule has 102 valence electrons. The Balaban J connectivity index is 2.24. The third-order valence-electron chi connectivity index (χ3n) is 3.36. The highest BCUT2D eigenvalue weighted by Gasteiger charge is 2.02. The number of ether oxygens (including phenoxy) is 1. The number of hydrogen-bond donors (Lipinski definition) is 0. The monoisotopic (exact) mass is 248 g/mol. The molecule has 0 spiro atoms. The second-order valence-electron chi connectivity index (χ2n) is 5.08. The normalized spacial score (nSPS) is 10.6. The van der Waals surface area contributed by atoms with E-state index in [0.29, 0.717) is 0 Å². The van der Waals surface area contributed by atoms with Gasteiger partial charge in [-0.15, -0.1) is 0 Å². The zero-order valence-corrected chi connectivity index (χ0v) is 12.3. The van der Waals surface area contributed by atoms with E-state index in [0.717, 1.165) is 18.8 Å². The van der Waals surface area contributed by atoms with Crippen LogP contribution in [0, 0.1) is 6.92 Å². The van der Waals surface area contributed by atoms with Crippen molar-refractivity contribution in [2.45, 2.75) is 65.7 Å². The van der Waals surface area contributed by atoms with E-state index in [1.54, 1.807) is 0 Å². The third-order valence-corrected chi connectivity index (χ3v) is 3.36. The molecule has 0 amide bonds. The van der Waals surface area contributed by atoms with E-state index in [2.05, 4.69) is 39.0 Å². The minimum Gasteiger partial charge on any atom is -0.493 e. The van der Waals surface area contributed by atoms with Crippen LogP contribution in [-0.4, -0.2) is 6.61 Å². The van der Waals surface area contributed by atoms with Gasteiger partial charge < -0.3 is 4.74 Å². The van der Waals surface area contributed by atoms with E-state index in [4.69, 9.17) is 4.74 Å². The summed E-state index contributed by atoms with van der Waals surface area (Å²) >= 11 is 0. The van der Waals surface area contributed by atoms with Crippen LogP contribution in [0.15, 0.2) is 18.2 Å². The van der Waals surface area contributed by atoms with Gasteiger partial charge in [-0.05, 0) is 37.0 Å². The summed E-state index contributed by atoms with van der Waals surface area (Å²) in [7, 11) is 0. The van der Waals surface area contributed by atoms with Crippen molar-refractivity contribution in [1.82, 2.24) is 0 Å². The molecule has 1 aromatic rings. The van der Waals surface area contributed by atoms with Gasteiger partial charge in [0.1, 0.15) is 5.75 Å². The molecular formula is C17H28O. The number of rotatable bonds is 9. The van der Waals surface area contributed by atoms with Gasteiger partial charge in [-0.2, -0.15) is 0 Å². The fourth-order valence-electron chi connectivity index (χ4n) is 2.15. The van der Waals surface area contributed by atoms with E-state index >= 15 is 0 Å². The first-order valence-corrected chi connectivity index (χ1v) is 7.50. The summed E-state index contributed by atoms with van der Waals surface area (Å²) in [4.78, 5) is 0. The smallest absolute Gasteiger partial charge is 0.122 e. The Morgan fingerprint density at radius 2 is 1.67 bits per heavy atom. The Hall–Kier alpha value is -0.980. The third kappa shape index (κ3) is 5.57. The minimum absolute atomic E-state index is 0.864. The molecule has 0 atom stereocenters. The van der Waals surface area contributed by atoms with Crippen LogP contribution in [0.3, 0.4) is 0 Å². The zero-order chi connectivity index (χ0) is 13.2. The van der Waals surface area contributed by atoms with Gasteiger partial charge in [0.2, 0.25) is 0 Å². The molecule has 0 saturated carbocycles. The molecule has 0 bridgehead atoms.